The number of rotatable bonds is 1. The Labute approximate surface area is 102 Å². The molecule has 0 amide bonds. The van der Waals surface area contributed by atoms with Crippen LogP contribution in [0.5, 0.6) is 0 Å². The third-order valence-electron chi connectivity index (χ3n) is 3.23. The van der Waals surface area contributed by atoms with E-state index in [4.69, 9.17) is 5.73 Å². The van der Waals surface area contributed by atoms with E-state index in [1.807, 2.05) is 32.9 Å². The minimum atomic E-state index is -3.17. The Morgan fingerprint density at radius 1 is 1.35 bits per heavy atom. The van der Waals surface area contributed by atoms with Crippen LogP contribution >= 0.6 is 0 Å². The number of hydrogen-bond donors (Lipinski definition) is 1. The molecule has 0 aliphatic carbocycles. The van der Waals surface area contributed by atoms with Crippen molar-refractivity contribution in [2.45, 2.75) is 20.8 Å². The summed E-state index contributed by atoms with van der Waals surface area (Å²) in [5.41, 5.74) is 9.06. The van der Waals surface area contributed by atoms with Gasteiger partial charge in [-0.05, 0) is 37.0 Å². The van der Waals surface area contributed by atoms with Crippen LogP contribution in [0.15, 0.2) is 12.1 Å². The van der Waals surface area contributed by atoms with Crippen LogP contribution < -0.4 is 10.0 Å². The Bertz CT molecular complexity index is 552. The van der Waals surface area contributed by atoms with E-state index in [1.165, 1.54) is 4.31 Å². The monoisotopic (exact) mass is 254 g/mol. The Morgan fingerprint density at radius 2 is 2.00 bits per heavy atom. The molecule has 0 aromatic heterocycles. The quantitative estimate of drug-likeness (QED) is 0.775. The van der Waals surface area contributed by atoms with Crippen LogP contribution in [0.3, 0.4) is 0 Å². The van der Waals surface area contributed by atoms with Crippen molar-refractivity contribution in [2.75, 3.05) is 22.3 Å². The molecule has 17 heavy (non-hydrogen) atoms. The Balaban J connectivity index is 2.59. The number of aryl methyl sites for hydroxylation is 1. The molecule has 0 saturated carbocycles. The van der Waals surface area contributed by atoms with Crippen LogP contribution in [-0.2, 0) is 10.0 Å². The van der Waals surface area contributed by atoms with Gasteiger partial charge in [-0.3, -0.25) is 4.31 Å². The minimum Gasteiger partial charge on any atom is -0.398 e. The maximum absolute atomic E-state index is 12.1. The zero-order chi connectivity index (χ0) is 12.8. The van der Waals surface area contributed by atoms with E-state index >= 15 is 0 Å². The third kappa shape index (κ3) is 1.99. The van der Waals surface area contributed by atoms with Gasteiger partial charge in [-0.2, -0.15) is 0 Å². The highest BCUT2D eigenvalue weighted by molar-refractivity contribution is 7.93. The van der Waals surface area contributed by atoms with Crippen molar-refractivity contribution in [1.82, 2.24) is 0 Å². The van der Waals surface area contributed by atoms with E-state index in [1.54, 1.807) is 0 Å². The van der Waals surface area contributed by atoms with Gasteiger partial charge in [-0.15, -0.1) is 0 Å². The van der Waals surface area contributed by atoms with Crippen LogP contribution in [-0.4, -0.2) is 20.7 Å². The topological polar surface area (TPSA) is 63.4 Å². The maximum Gasteiger partial charge on any atom is 0.235 e. The highest BCUT2D eigenvalue weighted by Crippen LogP contribution is 2.34. The predicted molar refractivity (Wildman–Crippen MR) is 70.6 cm³/mol. The number of nitrogens with zero attached hydrogens (tertiary/aromatic N) is 1. The summed E-state index contributed by atoms with van der Waals surface area (Å²) < 4.78 is 25.7. The fourth-order valence-corrected chi connectivity index (χ4v) is 4.41. The fraction of sp³-hybridized carbons (Fsp3) is 0.500. The van der Waals surface area contributed by atoms with Crippen molar-refractivity contribution in [3.8, 4) is 0 Å². The average Bonchev–Trinajstić information content (AvgIpc) is 2.47. The summed E-state index contributed by atoms with van der Waals surface area (Å²) in [6.07, 6.45) is 0. The lowest BCUT2D eigenvalue weighted by Gasteiger charge is -2.22. The van der Waals surface area contributed by atoms with Gasteiger partial charge in [0.05, 0.1) is 11.4 Å². The molecule has 0 bridgehead atoms. The molecule has 1 aromatic rings. The molecule has 2 N–H and O–H groups in total. The molecule has 0 radical (unpaired) electrons. The van der Waals surface area contributed by atoms with Crippen molar-refractivity contribution < 1.29 is 8.42 Å². The molecule has 1 aromatic carbocycles. The molecule has 5 heteroatoms. The number of sulfonamides is 1. The van der Waals surface area contributed by atoms with Gasteiger partial charge < -0.3 is 5.73 Å². The van der Waals surface area contributed by atoms with Gasteiger partial charge in [-0.1, -0.05) is 13.0 Å². The van der Waals surface area contributed by atoms with Gasteiger partial charge in [0, 0.05) is 12.2 Å². The molecule has 1 heterocycles. The molecule has 94 valence electrons. The minimum absolute atomic E-state index is 0.167. The largest absolute Gasteiger partial charge is 0.398 e. The second-order valence-corrected chi connectivity index (χ2v) is 6.80. The first-order valence-electron chi connectivity index (χ1n) is 5.69. The lowest BCUT2D eigenvalue weighted by Crippen LogP contribution is -2.27. The number of hydrogen-bond acceptors (Lipinski definition) is 3. The number of nitrogens with two attached hydrogens (primary N) is 1. The first kappa shape index (κ1) is 12.2. The van der Waals surface area contributed by atoms with Crippen LogP contribution in [0.4, 0.5) is 11.4 Å². The van der Waals surface area contributed by atoms with E-state index in [-0.39, 0.29) is 11.7 Å². The molecule has 4 nitrogen and oxygen atoms in total. The van der Waals surface area contributed by atoms with Crippen LogP contribution in [0.25, 0.3) is 0 Å². The number of benzene rings is 1. The summed E-state index contributed by atoms with van der Waals surface area (Å²) in [7, 11) is -3.17. The molecule has 1 unspecified atom stereocenters. The van der Waals surface area contributed by atoms with Gasteiger partial charge in [0.15, 0.2) is 0 Å². The van der Waals surface area contributed by atoms with Crippen molar-refractivity contribution in [1.29, 1.82) is 0 Å². The highest BCUT2D eigenvalue weighted by atomic mass is 32.2. The Kier molecular flexibility index (Phi) is 2.81. The zero-order valence-corrected chi connectivity index (χ0v) is 11.2. The van der Waals surface area contributed by atoms with Gasteiger partial charge in [0.1, 0.15) is 0 Å². The summed E-state index contributed by atoms with van der Waals surface area (Å²) in [4.78, 5) is 0. The number of anilines is 2. The highest BCUT2D eigenvalue weighted by Gasteiger charge is 2.35. The summed E-state index contributed by atoms with van der Waals surface area (Å²) >= 11 is 0. The van der Waals surface area contributed by atoms with Crippen molar-refractivity contribution in [2.24, 2.45) is 5.92 Å². The predicted octanol–water partition coefficient (Wildman–Crippen LogP) is 1.67. The standard InChI is InChI=1S/C12H18N2O2S/c1-8-6-14(17(15,16)7-8)12-9(2)4-5-11(13)10(12)3/h4-5,8H,6-7,13H2,1-3H3. The van der Waals surface area contributed by atoms with Gasteiger partial charge in [0.2, 0.25) is 10.0 Å². The lowest BCUT2D eigenvalue weighted by molar-refractivity contribution is 0.598. The molecular weight excluding hydrogens is 236 g/mol. The van der Waals surface area contributed by atoms with E-state index in [0.717, 1.165) is 16.8 Å². The summed E-state index contributed by atoms with van der Waals surface area (Å²) in [5.74, 6) is 0.390. The molecule has 1 fully saturated rings. The van der Waals surface area contributed by atoms with Gasteiger partial charge in [-0.25, -0.2) is 8.42 Å². The first-order valence-corrected chi connectivity index (χ1v) is 7.30. The van der Waals surface area contributed by atoms with E-state index in [2.05, 4.69) is 0 Å². The van der Waals surface area contributed by atoms with Crippen molar-refractivity contribution >= 4 is 21.4 Å². The molecule has 2 rings (SSSR count). The van der Waals surface area contributed by atoms with E-state index < -0.39 is 10.0 Å². The van der Waals surface area contributed by atoms with Crippen LogP contribution in [0.1, 0.15) is 18.1 Å². The van der Waals surface area contributed by atoms with E-state index in [0.29, 0.717) is 12.2 Å². The lowest BCUT2D eigenvalue weighted by atomic mass is 10.1. The average molecular weight is 254 g/mol. The number of nitrogen functional groups attached to an aromatic ring is 1. The maximum atomic E-state index is 12.1. The zero-order valence-electron chi connectivity index (χ0n) is 10.4. The van der Waals surface area contributed by atoms with Crippen LogP contribution in [0.2, 0.25) is 0 Å². The molecule has 1 aliphatic heterocycles. The third-order valence-corrected chi connectivity index (χ3v) is 5.23. The molecule has 1 saturated heterocycles. The summed E-state index contributed by atoms with van der Waals surface area (Å²) in [6.45, 7) is 6.29. The van der Waals surface area contributed by atoms with Crippen molar-refractivity contribution in [3.05, 3.63) is 23.3 Å². The molecule has 1 aliphatic rings. The normalized spacial score (nSPS) is 23.0. The Hall–Kier alpha value is -1.23. The van der Waals surface area contributed by atoms with Gasteiger partial charge >= 0.3 is 0 Å². The van der Waals surface area contributed by atoms with Crippen molar-refractivity contribution in [3.63, 3.8) is 0 Å². The fourth-order valence-electron chi connectivity index (χ4n) is 2.36. The van der Waals surface area contributed by atoms with Crippen LogP contribution in [0, 0.1) is 19.8 Å². The second kappa shape index (κ2) is 3.91. The summed E-state index contributed by atoms with van der Waals surface area (Å²) in [5, 5.41) is 0. The Morgan fingerprint density at radius 3 is 2.53 bits per heavy atom. The smallest absolute Gasteiger partial charge is 0.235 e. The first-order chi connectivity index (χ1) is 7.83. The SMILES string of the molecule is Cc1ccc(N)c(C)c1N1CC(C)CS1(=O)=O. The molecular formula is C12H18N2O2S. The van der Waals surface area contributed by atoms with E-state index in [9.17, 15) is 8.42 Å². The molecule has 0 spiro atoms. The summed E-state index contributed by atoms with van der Waals surface area (Å²) in [6, 6.07) is 3.69. The molecule has 1 atom stereocenters. The van der Waals surface area contributed by atoms with Gasteiger partial charge in [0.25, 0.3) is 0 Å². The second-order valence-electron chi connectivity index (χ2n) is 4.86.